The lowest BCUT2D eigenvalue weighted by molar-refractivity contribution is 0.474. The number of nitrogens with one attached hydrogen (secondary N) is 1. The van der Waals surface area contributed by atoms with E-state index in [9.17, 15) is 5.11 Å². The molecular formula is C14H21NO. The van der Waals surface area contributed by atoms with Crippen LogP contribution in [-0.2, 0) is 6.42 Å². The second kappa shape index (κ2) is 7.07. The summed E-state index contributed by atoms with van der Waals surface area (Å²) in [7, 11) is 0. The second-order valence-electron chi connectivity index (χ2n) is 4.04. The highest BCUT2D eigenvalue weighted by Gasteiger charge is 1.96. The minimum atomic E-state index is 0.345. The topological polar surface area (TPSA) is 32.3 Å². The summed E-state index contributed by atoms with van der Waals surface area (Å²) in [4.78, 5) is 0. The Kier molecular flexibility index (Phi) is 5.65. The van der Waals surface area contributed by atoms with Crippen molar-refractivity contribution in [2.75, 3.05) is 13.1 Å². The number of hydrogen-bond acceptors (Lipinski definition) is 2. The predicted molar refractivity (Wildman–Crippen MR) is 68.7 cm³/mol. The normalized spacial score (nSPS) is 11.8. The fourth-order valence-electron chi connectivity index (χ4n) is 1.66. The van der Waals surface area contributed by atoms with Crippen LogP contribution in [0.3, 0.4) is 0 Å². The first-order chi connectivity index (χ1) is 7.72. The van der Waals surface area contributed by atoms with Crippen LogP contribution < -0.4 is 5.32 Å². The van der Waals surface area contributed by atoms with Crippen molar-refractivity contribution in [2.24, 2.45) is 0 Å². The maximum Gasteiger partial charge on any atom is 0.115 e. The molecule has 88 valence electrons. The van der Waals surface area contributed by atoms with Crippen LogP contribution in [0, 0.1) is 0 Å². The molecule has 0 saturated carbocycles. The number of benzene rings is 1. The van der Waals surface area contributed by atoms with Crippen LogP contribution in [0.15, 0.2) is 35.9 Å². The van der Waals surface area contributed by atoms with Crippen LogP contribution in [-0.4, -0.2) is 18.2 Å². The second-order valence-corrected chi connectivity index (χ2v) is 4.04. The molecule has 2 N–H and O–H groups in total. The van der Waals surface area contributed by atoms with Gasteiger partial charge in [0.15, 0.2) is 0 Å². The minimum Gasteiger partial charge on any atom is -0.508 e. The van der Waals surface area contributed by atoms with Crippen molar-refractivity contribution >= 4 is 0 Å². The van der Waals surface area contributed by atoms with E-state index in [0.717, 1.165) is 31.5 Å². The van der Waals surface area contributed by atoms with Gasteiger partial charge < -0.3 is 10.4 Å². The summed E-state index contributed by atoms with van der Waals surface area (Å²) in [6.07, 6.45) is 4.24. The Morgan fingerprint density at radius 1 is 1.44 bits per heavy atom. The summed E-state index contributed by atoms with van der Waals surface area (Å²) in [5, 5.41) is 12.6. The Bertz CT molecular complexity index is 344. The first-order valence-corrected chi connectivity index (χ1v) is 5.86. The zero-order chi connectivity index (χ0) is 11.8. The Labute approximate surface area is 98.0 Å². The fraction of sp³-hybridized carbons (Fsp3) is 0.429. The van der Waals surface area contributed by atoms with Crippen molar-refractivity contribution in [3.05, 3.63) is 41.5 Å². The maximum absolute atomic E-state index is 9.34. The van der Waals surface area contributed by atoms with Crippen molar-refractivity contribution in [1.29, 1.82) is 0 Å². The van der Waals surface area contributed by atoms with Gasteiger partial charge in [-0.15, -0.1) is 0 Å². The molecule has 0 bridgehead atoms. The molecule has 0 unspecified atom stereocenters. The van der Waals surface area contributed by atoms with Gasteiger partial charge in [-0.1, -0.05) is 30.7 Å². The maximum atomic E-state index is 9.34. The van der Waals surface area contributed by atoms with Crippen molar-refractivity contribution < 1.29 is 5.11 Å². The summed E-state index contributed by atoms with van der Waals surface area (Å²) in [5.41, 5.74) is 2.51. The first-order valence-electron chi connectivity index (χ1n) is 5.86. The summed E-state index contributed by atoms with van der Waals surface area (Å²) >= 11 is 0. The molecule has 0 saturated heterocycles. The van der Waals surface area contributed by atoms with E-state index in [4.69, 9.17) is 0 Å². The zero-order valence-electron chi connectivity index (χ0n) is 10.2. The summed E-state index contributed by atoms with van der Waals surface area (Å²) in [6.45, 7) is 6.31. The SMILES string of the molecule is CCNCCC=C(C)Cc1cccc(O)c1. The van der Waals surface area contributed by atoms with Gasteiger partial charge in [0, 0.05) is 0 Å². The van der Waals surface area contributed by atoms with E-state index in [1.54, 1.807) is 6.07 Å². The van der Waals surface area contributed by atoms with E-state index in [2.05, 4.69) is 25.2 Å². The van der Waals surface area contributed by atoms with Crippen LogP contribution in [0.2, 0.25) is 0 Å². The van der Waals surface area contributed by atoms with E-state index < -0.39 is 0 Å². The molecule has 1 aromatic rings. The standard InChI is InChI=1S/C14H21NO/c1-3-15-9-5-6-12(2)10-13-7-4-8-14(16)11-13/h4,6-8,11,15-16H,3,5,9-10H2,1-2H3. The van der Waals surface area contributed by atoms with E-state index >= 15 is 0 Å². The average Bonchev–Trinajstić information content (AvgIpc) is 2.24. The monoisotopic (exact) mass is 219 g/mol. The van der Waals surface area contributed by atoms with Crippen molar-refractivity contribution in [3.8, 4) is 5.75 Å². The molecule has 0 heterocycles. The Hall–Kier alpha value is -1.28. The fourth-order valence-corrected chi connectivity index (χ4v) is 1.66. The summed E-state index contributed by atoms with van der Waals surface area (Å²) < 4.78 is 0. The molecule has 16 heavy (non-hydrogen) atoms. The van der Waals surface area contributed by atoms with Gasteiger partial charge in [0.2, 0.25) is 0 Å². The predicted octanol–water partition coefficient (Wildman–Crippen LogP) is 2.88. The zero-order valence-corrected chi connectivity index (χ0v) is 10.2. The van der Waals surface area contributed by atoms with Gasteiger partial charge in [-0.05, 0) is 50.6 Å². The van der Waals surface area contributed by atoms with E-state index in [-0.39, 0.29) is 0 Å². The van der Waals surface area contributed by atoms with Crippen molar-refractivity contribution in [1.82, 2.24) is 5.32 Å². The van der Waals surface area contributed by atoms with E-state index in [0.29, 0.717) is 5.75 Å². The highest BCUT2D eigenvalue weighted by Crippen LogP contribution is 2.14. The van der Waals surface area contributed by atoms with Crippen LogP contribution in [0.1, 0.15) is 25.8 Å². The Balaban J connectivity index is 2.41. The highest BCUT2D eigenvalue weighted by molar-refractivity contribution is 5.29. The lowest BCUT2D eigenvalue weighted by atomic mass is 10.1. The molecule has 0 fully saturated rings. The number of rotatable bonds is 6. The third-order valence-corrected chi connectivity index (χ3v) is 2.46. The summed E-state index contributed by atoms with van der Waals surface area (Å²) in [6, 6.07) is 7.45. The number of aromatic hydroxyl groups is 1. The Morgan fingerprint density at radius 2 is 2.25 bits per heavy atom. The molecule has 0 aliphatic carbocycles. The Morgan fingerprint density at radius 3 is 2.94 bits per heavy atom. The van der Waals surface area contributed by atoms with E-state index in [1.165, 1.54) is 5.57 Å². The molecule has 2 nitrogen and oxygen atoms in total. The molecule has 0 aromatic heterocycles. The molecule has 1 aromatic carbocycles. The molecule has 0 aliphatic heterocycles. The van der Waals surface area contributed by atoms with Crippen LogP contribution in [0.25, 0.3) is 0 Å². The minimum absolute atomic E-state index is 0.345. The van der Waals surface area contributed by atoms with Crippen LogP contribution in [0.4, 0.5) is 0 Å². The molecule has 0 aliphatic rings. The lowest BCUT2D eigenvalue weighted by Gasteiger charge is -2.03. The van der Waals surface area contributed by atoms with Gasteiger partial charge >= 0.3 is 0 Å². The van der Waals surface area contributed by atoms with Gasteiger partial charge in [-0.3, -0.25) is 0 Å². The third kappa shape index (κ3) is 4.99. The average molecular weight is 219 g/mol. The van der Waals surface area contributed by atoms with Crippen LogP contribution in [0.5, 0.6) is 5.75 Å². The largest absolute Gasteiger partial charge is 0.508 e. The molecule has 0 spiro atoms. The van der Waals surface area contributed by atoms with E-state index in [1.807, 2.05) is 18.2 Å². The highest BCUT2D eigenvalue weighted by atomic mass is 16.3. The number of phenols is 1. The third-order valence-electron chi connectivity index (χ3n) is 2.46. The van der Waals surface area contributed by atoms with Gasteiger partial charge in [0.25, 0.3) is 0 Å². The van der Waals surface area contributed by atoms with Crippen molar-refractivity contribution in [3.63, 3.8) is 0 Å². The van der Waals surface area contributed by atoms with Gasteiger partial charge in [-0.25, -0.2) is 0 Å². The van der Waals surface area contributed by atoms with Gasteiger partial charge in [0.05, 0.1) is 0 Å². The lowest BCUT2D eigenvalue weighted by Crippen LogP contribution is -2.13. The van der Waals surface area contributed by atoms with Crippen LogP contribution >= 0.6 is 0 Å². The molecule has 0 radical (unpaired) electrons. The number of hydrogen-bond donors (Lipinski definition) is 2. The molecule has 0 amide bonds. The van der Waals surface area contributed by atoms with Crippen molar-refractivity contribution in [2.45, 2.75) is 26.7 Å². The molecular weight excluding hydrogens is 198 g/mol. The van der Waals surface area contributed by atoms with Gasteiger partial charge in [0.1, 0.15) is 5.75 Å². The smallest absolute Gasteiger partial charge is 0.115 e. The number of allylic oxidation sites excluding steroid dienone is 1. The molecule has 1 rings (SSSR count). The molecule has 2 heteroatoms. The van der Waals surface area contributed by atoms with Gasteiger partial charge in [-0.2, -0.15) is 0 Å². The number of phenolic OH excluding ortho intramolecular Hbond substituents is 1. The molecule has 0 atom stereocenters. The summed E-state index contributed by atoms with van der Waals surface area (Å²) in [5.74, 6) is 0.345. The quantitative estimate of drug-likeness (QED) is 0.569. The first kappa shape index (κ1) is 12.8.